The van der Waals surface area contributed by atoms with E-state index in [0.29, 0.717) is 11.3 Å². The van der Waals surface area contributed by atoms with E-state index in [1.807, 2.05) is 50.4 Å². The maximum absolute atomic E-state index is 13.8. The molecule has 0 fully saturated rings. The Balaban J connectivity index is 1.76. The largest absolute Gasteiger partial charge is 0.325 e. The molecule has 4 nitrogen and oxygen atoms in total. The van der Waals surface area contributed by atoms with E-state index in [-0.39, 0.29) is 18.1 Å². The third-order valence-corrected chi connectivity index (χ3v) is 5.57. The van der Waals surface area contributed by atoms with Gasteiger partial charge < -0.3 is 9.72 Å². The van der Waals surface area contributed by atoms with Crippen LogP contribution >= 0.6 is 0 Å². The van der Waals surface area contributed by atoms with Crippen molar-refractivity contribution in [3.8, 4) is 11.3 Å². The summed E-state index contributed by atoms with van der Waals surface area (Å²) in [6.45, 7) is 9.78. The lowest BCUT2D eigenvalue weighted by Crippen LogP contribution is -2.17. The second kappa shape index (κ2) is 7.99. The molecule has 2 aromatic carbocycles. The zero-order valence-corrected chi connectivity index (χ0v) is 18.5. The van der Waals surface area contributed by atoms with Crippen molar-refractivity contribution < 1.29 is 9.18 Å². The Bertz CT molecular complexity index is 1300. The number of pyridine rings is 1. The van der Waals surface area contributed by atoms with Crippen LogP contribution in [0.2, 0.25) is 0 Å². The predicted octanol–water partition coefficient (Wildman–Crippen LogP) is 5.86. The standard InChI is InChI=1S/C26H26FN3O/c1-15-6-9-23-28-26(20-7-8-21(27)17(3)12-20)22(30(23)14-15)13-24(31)29-25-18(4)10-16(2)11-19(25)5/h6-12,14H,13H2,1-5H3,(H,29,31). The van der Waals surface area contributed by atoms with Crippen molar-refractivity contribution in [1.29, 1.82) is 0 Å². The number of benzene rings is 2. The molecule has 0 saturated heterocycles. The van der Waals surface area contributed by atoms with E-state index in [1.165, 1.54) is 11.6 Å². The molecule has 0 unspecified atom stereocenters. The monoisotopic (exact) mass is 415 g/mol. The van der Waals surface area contributed by atoms with Crippen molar-refractivity contribution in [3.63, 3.8) is 0 Å². The molecule has 0 aliphatic heterocycles. The zero-order valence-electron chi connectivity index (χ0n) is 18.5. The quantitative estimate of drug-likeness (QED) is 0.453. The summed E-state index contributed by atoms with van der Waals surface area (Å²) in [7, 11) is 0. The minimum absolute atomic E-state index is 0.113. The first-order valence-corrected chi connectivity index (χ1v) is 10.3. The molecule has 0 atom stereocenters. The molecule has 0 aliphatic rings. The molecule has 31 heavy (non-hydrogen) atoms. The van der Waals surface area contributed by atoms with Crippen LogP contribution in [0.3, 0.4) is 0 Å². The summed E-state index contributed by atoms with van der Waals surface area (Å²) < 4.78 is 15.8. The summed E-state index contributed by atoms with van der Waals surface area (Å²) in [6, 6.07) is 13.0. The van der Waals surface area contributed by atoms with Crippen LogP contribution in [0.25, 0.3) is 16.9 Å². The number of fused-ring (bicyclic) bond motifs is 1. The minimum Gasteiger partial charge on any atom is -0.325 e. The number of amides is 1. The van der Waals surface area contributed by atoms with Crippen LogP contribution in [-0.2, 0) is 11.2 Å². The van der Waals surface area contributed by atoms with Crippen molar-refractivity contribution in [2.75, 3.05) is 5.32 Å². The van der Waals surface area contributed by atoms with E-state index < -0.39 is 0 Å². The molecule has 2 heterocycles. The Kier molecular flexibility index (Phi) is 5.36. The number of nitrogens with zero attached hydrogens (tertiary/aromatic N) is 2. The predicted molar refractivity (Wildman–Crippen MR) is 123 cm³/mol. The molecule has 0 saturated carbocycles. The average molecular weight is 416 g/mol. The summed E-state index contributed by atoms with van der Waals surface area (Å²) in [5.41, 5.74) is 8.73. The van der Waals surface area contributed by atoms with Gasteiger partial charge in [-0.1, -0.05) is 23.8 Å². The third kappa shape index (κ3) is 4.08. The maximum atomic E-state index is 13.8. The summed E-state index contributed by atoms with van der Waals surface area (Å²) >= 11 is 0. The molecule has 4 aromatic rings. The molecule has 1 amide bonds. The lowest BCUT2D eigenvalue weighted by atomic mass is 10.0. The molecule has 0 bridgehead atoms. The number of nitrogens with one attached hydrogen (secondary N) is 1. The second-order valence-corrected chi connectivity index (χ2v) is 8.30. The number of carbonyl (C=O) groups is 1. The topological polar surface area (TPSA) is 46.4 Å². The highest BCUT2D eigenvalue weighted by atomic mass is 19.1. The first-order valence-electron chi connectivity index (χ1n) is 10.3. The van der Waals surface area contributed by atoms with E-state index in [2.05, 4.69) is 17.4 Å². The van der Waals surface area contributed by atoms with E-state index >= 15 is 0 Å². The average Bonchev–Trinajstić information content (AvgIpc) is 3.04. The van der Waals surface area contributed by atoms with Crippen LogP contribution in [0, 0.1) is 40.4 Å². The number of anilines is 1. The molecule has 4 rings (SSSR count). The van der Waals surface area contributed by atoms with Crippen molar-refractivity contribution in [2.45, 2.75) is 41.0 Å². The molecule has 0 aliphatic carbocycles. The van der Waals surface area contributed by atoms with Crippen molar-refractivity contribution in [3.05, 3.63) is 88.0 Å². The Morgan fingerprint density at radius 2 is 1.65 bits per heavy atom. The van der Waals surface area contributed by atoms with Crippen LogP contribution in [-0.4, -0.2) is 15.3 Å². The second-order valence-electron chi connectivity index (χ2n) is 8.30. The maximum Gasteiger partial charge on any atom is 0.230 e. The highest BCUT2D eigenvalue weighted by Gasteiger charge is 2.19. The Morgan fingerprint density at radius 1 is 0.935 bits per heavy atom. The van der Waals surface area contributed by atoms with E-state index in [4.69, 9.17) is 4.98 Å². The molecule has 1 N–H and O–H groups in total. The number of aryl methyl sites for hydroxylation is 5. The van der Waals surface area contributed by atoms with Gasteiger partial charge in [-0.15, -0.1) is 0 Å². The van der Waals surface area contributed by atoms with E-state index in [0.717, 1.165) is 39.3 Å². The van der Waals surface area contributed by atoms with Gasteiger partial charge in [-0.3, -0.25) is 4.79 Å². The van der Waals surface area contributed by atoms with Crippen molar-refractivity contribution >= 4 is 17.2 Å². The van der Waals surface area contributed by atoms with Gasteiger partial charge >= 0.3 is 0 Å². The molecular weight excluding hydrogens is 389 g/mol. The van der Waals surface area contributed by atoms with Crippen molar-refractivity contribution in [1.82, 2.24) is 9.38 Å². The number of halogens is 1. The number of hydrogen-bond acceptors (Lipinski definition) is 2. The first kappa shape index (κ1) is 20.8. The Hall–Kier alpha value is -3.47. The molecule has 0 spiro atoms. The van der Waals surface area contributed by atoms with Crippen LogP contribution in [0.5, 0.6) is 0 Å². The van der Waals surface area contributed by atoms with Gasteiger partial charge in [-0.25, -0.2) is 9.37 Å². The smallest absolute Gasteiger partial charge is 0.230 e. The number of aromatic nitrogens is 2. The minimum atomic E-state index is -0.257. The summed E-state index contributed by atoms with van der Waals surface area (Å²) in [4.78, 5) is 17.9. The molecular formula is C26H26FN3O. The summed E-state index contributed by atoms with van der Waals surface area (Å²) in [6.07, 6.45) is 2.14. The van der Waals surface area contributed by atoms with Gasteiger partial charge in [0, 0.05) is 17.4 Å². The van der Waals surface area contributed by atoms with Gasteiger partial charge in [-0.2, -0.15) is 0 Å². The van der Waals surface area contributed by atoms with Crippen LogP contribution < -0.4 is 5.32 Å². The number of imidazole rings is 1. The third-order valence-electron chi connectivity index (χ3n) is 5.57. The highest BCUT2D eigenvalue weighted by Crippen LogP contribution is 2.28. The number of hydrogen-bond donors (Lipinski definition) is 1. The molecule has 2 aromatic heterocycles. The SMILES string of the molecule is Cc1cc(C)c(NC(=O)Cc2c(-c3ccc(F)c(C)c3)nc3ccc(C)cn23)c(C)c1. The summed E-state index contributed by atoms with van der Waals surface area (Å²) in [5.74, 6) is -0.369. The highest BCUT2D eigenvalue weighted by molar-refractivity contribution is 5.94. The van der Waals surface area contributed by atoms with Gasteiger partial charge in [0.25, 0.3) is 0 Å². The van der Waals surface area contributed by atoms with Crippen LogP contribution in [0.1, 0.15) is 33.5 Å². The van der Waals surface area contributed by atoms with E-state index in [1.54, 1.807) is 19.1 Å². The van der Waals surface area contributed by atoms with Gasteiger partial charge in [0.05, 0.1) is 17.8 Å². The molecule has 5 heteroatoms. The van der Waals surface area contributed by atoms with Gasteiger partial charge in [-0.05, 0) is 81.1 Å². The fraction of sp³-hybridized carbons (Fsp3) is 0.231. The Labute approximate surface area is 181 Å². The van der Waals surface area contributed by atoms with Crippen LogP contribution in [0.15, 0.2) is 48.7 Å². The fourth-order valence-electron chi connectivity index (χ4n) is 4.10. The number of rotatable bonds is 4. The van der Waals surface area contributed by atoms with Crippen molar-refractivity contribution in [2.24, 2.45) is 0 Å². The fourth-order valence-corrected chi connectivity index (χ4v) is 4.10. The normalized spacial score (nSPS) is 11.2. The Morgan fingerprint density at radius 3 is 2.32 bits per heavy atom. The molecule has 158 valence electrons. The van der Waals surface area contributed by atoms with Crippen LogP contribution in [0.4, 0.5) is 10.1 Å². The zero-order chi connectivity index (χ0) is 22.3. The summed E-state index contributed by atoms with van der Waals surface area (Å²) in [5, 5.41) is 3.08. The first-order chi connectivity index (χ1) is 14.7. The van der Waals surface area contributed by atoms with Gasteiger partial charge in [0.15, 0.2) is 0 Å². The van der Waals surface area contributed by atoms with Gasteiger partial charge in [0.1, 0.15) is 11.5 Å². The van der Waals surface area contributed by atoms with E-state index in [9.17, 15) is 9.18 Å². The lowest BCUT2D eigenvalue weighted by Gasteiger charge is -2.13. The lowest BCUT2D eigenvalue weighted by molar-refractivity contribution is -0.115. The van der Waals surface area contributed by atoms with Gasteiger partial charge in [0.2, 0.25) is 5.91 Å². The molecule has 0 radical (unpaired) electrons. The number of carbonyl (C=O) groups excluding carboxylic acids is 1.